The molecule has 2 atom stereocenters. The Bertz CT molecular complexity index is 419. The maximum Gasteiger partial charge on any atom is 0.0716 e. The van der Waals surface area contributed by atoms with Crippen LogP contribution in [0.4, 0.5) is 0 Å². The monoisotopic (exact) mass is 276 g/mol. The summed E-state index contributed by atoms with van der Waals surface area (Å²) in [6.07, 6.45) is 1.27. The minimum atomic E-state index is 0.508. The average molecular weight is 276 g/mol. The Morgan fingerprint density at radius 1 is 1.35 bits per heavy atom. The summed E-state index contributed by atoms with van der Waals surface area (Å²) in [7, 11) is 3.83. The molecule has 2 unspecified atom stereocenters. The number of nitrogens with one attached hydrogen (secondary N) is 1. The molecule has 1 aromatic carbocycles. The normalized spacial score (nSPS) is 23.6. The molecule has 0 bridgehead atoms. The molecule has 112 valence electrons. The molecule has 0 aliphatic carbocycles. The van der Waals surface area contributed by atoms with E-state index in [1.165, 1.54) is 24.1 Å². The molecule has 1 saturated heterocycles. The number of nitrogens with zero attached hydrogens (tertiary/aromatic N) is 1. The lowest BCUT2D eigenvalue weighted by atomic mass is 9.90. The minimum absolute atomic E-state index is 0.508. The second-order valence-electron chi connectivity index (χ2n) is 6.01. The van der Waals surface area contributed by atoms with Crippen molar-refractivity contribution in [2.24, 2.45) is 5.92 Å². The van der Waals surface area contributed by atoms with Gasteiger partial charge in [-0.15, -0.1) is 0 Å². The standard InChI is InChI=1S/C17H28N2O/c1-13(2)19-10-9-14(11-18-3)17(19)16-8-6-5-7-15(16)12-20-4/h5-8,13-14,17-18H,9-12H2,1-4H3. The van der Waals surface area contributed by atoms with Gasteiger partial charge in [0.2, 0.25) is 0 Å². The number of methoxy groups -OCH3 is 1. The smallest absolute Gasteiger partial charge is 0.0716 e. The van der Waals surface area contributed by atoms with Crippen LogP contribution in [0.25, 0.3) is 0 Å². The molecule has 20 heavy (non-hydrogen) atoms. The molecule has 1 aliphatic heterocycles. The van der Waals surface area contributed by atoms with Crippen molar-refractivity contribution in [1.29, 1.82) is 0 Å². The second kappa shape index (κ2) is 7.21. The predicted molar refractivity (Wildman–Crippen MR) is 83.8 cm³/mol. The molecule has 2 rings (SSSR count). The number of hydrogen-bond donors (Lipinski definition) is 1. The number of hydrogen-bond acceptors (Lipinski definition) is 3. The molecule has 0 spiro atoms. The first-order valence-electron chi connectivity index (χ1n) is 7.66. The van der Waals surface area contributed by atoms with Crippen LogP contribution in [0, 0.1) is 5.92 Å². The van der Waals surface area contributed by atoms with Gasteiger partial charge in [-0.3, -0.25) is 4.90 Å². The number of rotatable bonds is 6. The Morgan fingerprint density at radius 2 is 2.10 bits per heavy atom. The van der Waals surface area contributed by atoms with E-state index in [0.717, 1.165) is 6.54 Å². The molecule has 1 aromatic rings. The van der Waals surface area contributed by atoms with Crippen molar-refractivity contribution in [2.45, 2.75) is 39.0 Å². The highest BCUT2D eigenvalue weighted by molar-refractivity contribution is 5.31. The summed E-state index contributed by atoms with van der Waals surface area (Å²) < 4.78 is 5.38. The highest BCUT2D eigenvalue weighted by atomic mass is 16.5. The summed E-state index contributed by atoms with van der Waals surface area (Å²) in [4.78, 5) is 2.64. The zero-order valence-electron chi connectivity index (χ0n) is 13.2. The first kappa shape index (κ1) is 15.5. The Kier molecular flexibility index (Phi) is 5.58. The summed E-state index contributed by atoms with van der Waals surface area (Å²) in [6.45, 7) is 7.57. The Labute approximate surface area is 123 Å². The topological polar surface area (TPSA) is 24.5 Å². The van der Waals surface area contributed by atoms with Gasteiger partial charge in [-0.05, 0) is 57.5 Å². The van der Waals surface area contributed by atoms with Crippen molar-refractivity contribution < 1.29 is 4.74 Å². The highest BCUT2D eigenvalue weighted by Crippen LogP contribution is 2.39. The van der Waals surface area contributed by atoms with Crippen LogP contribution in [-0.4, -0.2) is 38.2 Å². The van der Waals surface area contributed by atoms with E-state index in [-0.39, 0.29) is 0 Å². The van der Waals surface area contributed by atoms with Gasteiger partial charge in [-0.1, -0.05) is 24.3 Å². The van der Waals surface area contributed by atoms with Gasteiger partial charge in [0.25, 0.3) is 0 Å². The van der Waals surface area contributed by atoms with E-state index in [2.05, 4.69) is 55.4 Å². The maximum atomic E-state index is 5.38. The molecular formula is C17H28N2O. The van der Waals surface area contributed by atoms with Gasteiger partial charge in [0.05, 0.1) is 6.61 Å². The van der Waals surface area contributed by atoms with Crippen LogP contribution >= 0.6 is 0 Å². The molecule has 0 radical (unpaired) electrons. The third-order valence-corrected chi connectivity index (χ3v) is 4.37. The summed E-state index contributed by atoms with van der Waals surface area (Å²) in [5.41, 5.74) is 2.77. The fraction of sp³-hybridized carbons (Fsp3) is 0.647. The Hall–Kier alpha value is -0.900. The first-order valence-corrected chi connectivity index (χ1v) is 7.66. The van der Waals surface area contributed by atoms with E-state index >= 15 is 0 Å². The fourth-order valence-electron chi connectivity index (χ4n) is 3.48. The van der Waals surface area contributed by atoms with E-state index in [1.54, 1.807) is 7.11 Å². The summed E-state index contributed by atoms with van der Waals surface area (Å²) in [6, 6.07) is 9.83. The van der Waals surface area contributed by atoms with Crippen molar-refractivity contribution in [3.05, 3.63) is 35.4 Å². The zero-order valence-corrected chi connectivity index (χ0v) is 13.2. The van der Waals surface area contributed by atoms with Gasteiger partial charge in [-0.25, -0.2) is 0 Å². The SMILES string of the molecule is CNCC1CCN(C(C)C)C1c1ccccc1COC. The van der Waals surface area contributed by atoms with Crippen molar-refractivity contribution >= 4 is 0 Å². The van der Waals surface area contributed by atoms with E-state index in [1.807, 2.05) is 0 Å². The van der Waals surface area contributed by atoms with Crippen molar-refractivity contribution in [1.82, 2.24) is 10.2 Å². The molecule has 3 heteroatoms. The average Bonchev–Trinajstić information content (AvgIpc) is 2.84. The van der Waals surface area contributed by atoms with E-state index in [0.29, 0.717) is 24.6 Å². The van der Waals surface area contributed by atoms with Gasteiger partial charge in [-0.2, -0.15) is 0 Å². The fourth-order valence-corrected chi connectivity index (χ4v) is 3.48. The van der Waals surface area contributed by atoms with Crippen molar-refractivity contribution in [2.75, 3.05) is 27.2 Å². The quantitative estimate of drug-likeness (QED) is 0.864. The van der Waals surface area contributed by atoms with Crippen LogP contribution in [0.5, 0.6) is 0 Å². The van der Waals surface area contributed by atoms with E-state index < -0.39 is 0 Å². The van der Waals surface area contributed by atoms with Gasteiger partial charge in [0, 0.05) is 19.2 Å². The second-order valence-corrected chi connectivity index (χ2v) is 6.01. The largest absolute Gasteiger partial charge is 0.380 e. The van der Waals surface area contributed by atoms with Crippen molar-refractivity contribution in [3.8, 4) is 0 Å². The van der Waals surface area contributed by atoms with Crippen LogP contribution < -0.4 is 5.32 Å². The molecule has 0 aromatic heterocycles. The highest BCUT2D eigenvalue weighted by Gasteiger charge is 2.36. The lowest BCUT2D eigenvalue weighted by molar-refractivity contribution is 0.166. The molecular weight excluding hydrogens is 248 g/mol. The molecule has 1 heterocycles. The van der Waals surface area contributed by atoms with E-state index in [4.69, 9.17) is 4.74 Å². The number of benzene rings is 1. The molecule has 1 fully saturated rings. The minimum Gasteiger partial charge on any atom is -0.380 e. The van der Waals surface area contributed by atoms with E-state index in [9.17, 15) is 0 Å². The van der Waals surface area contributed by atoms with Gasteiger partial charge in [0.1, 0.15) is 0 Å². The Morgan fingerprint density at radius 3 is 2.75 bits per heavy atom. The number of likely N-dealkylation sites (tertiary alicyclic amines) is 1. The Balaban J connectivity index is 2.33. The van der Waals surface area contributed by atoms with Crippen LogP contribution in [-0.2, 0) is 11.3 Å². The van der Waals surface area contributed by atoms with Gasteiger partial charge >= 0.3 is 0 Å². The first-order chi connectivity index (χ1) is 9.69. The maximum absolute atomic E-state index is 5.38. The lowest BCUT2D eigenvalue weighted by Gasteiger charge is -2.33. The van der Waals surface area contributed by atoms with Crippen molar-refractivity contribution in [3.63, 3.8) is 0 Å². The third-order valence-electron chi connectivity index (χ3n) is 4.37. The van der Waals surface area contributed by atoms with Crippen LogP contribution in [0.1, 0.15) is 37.4 Å². The van der Waals surface area contributed by atoms with Crippen LogP contribution in [0.15, 0.2) is 24.3 Å². The molecule has 0 saturated carbocycles. The predicted octanol–water partition coefficient (Wildman–Crippen LogP) is 2.82. The van der Waals surface area contributed by atoms with Crippen LogP contribution in [0.3, 0.4) is 0 Å². The van der Waals surface area contributed by atoms with Crippen LogP contribution in [0.2, 0.25) is 0 Å². The summed E-state index contributed by atoms with van der Waals surface area (Å²) in [5.74, 6) is 0.681. The summed E-state index contributed by atoms with van der Waals surface area (Å²) >= 11 is 0. The third kappa shape index (κ3) is 3.22. The number of ether oxygens (including phenoxy) is 1. The molecule has 0 amide bonds. The zero-order chi connectivity index (χ0) is 14.5. The van der Waals surface area contributed by atoms with Gasteiger partial charge < -0.3 is 10.1 Å². The molecule has 1 aliphatic rings. The molecule has 3 nitrogen and oxygen atoms in total. The molecule has 1 N–H and O–H groups in total. The van der Waals surface area contributed by atoms with Gasteiger partial charge in [0.15, 0.2) is 0 Å². The summed E-state index contributed by atoms with van der Waals surface area (Å²) in [5, 5.41) is 3.36. The lowest BCUT2D eigenvalue weighted by Crippen LogP contribution is -2.34.